The van der Waals surface area contributed by atoms with Crippen molar-refractivity contribution in [2.45, 2.75) is 19.9 Å². The Labute approximate surface area is 166 Å². The number of phenolic OH excluding ortho intramolecular Hbond substituents is 1. The largest absolute Gasteiger partial charge is 0.503 e. The van der Waals surface area contributed by atoms with Crippen molar-refractivity contribution in [1.82, 2.24) is 10.2 Å². The molecule has 0 bridgehead atoms. The van der Waals surface area contributed by atoms with Crippen LogP contribution in [0, 0.1) is 0 Å². The fraction of sp³-hybridized carbons (Fsp3) is 0.333. The SMILES string of the molecule is C=CCN1C(=S)N[C@H](c2cc(Br)c(O)c(OCC)c2)C(C(=O)OC)=C1C. The molecule has 6 nitrogen and oxygen atoms in total. The molecular formula is C18H21BrN2O4S. The van der Waals surface area contributed by atoms with E-state index in [0.717, 1.165) is 0 Å². The molecule has 0 saturated heterocycles. The summed E-state index contributed by atoms with van der Waals surface area (Å²) in [5.74, 6) is -0.138. The Balaban J connectivity index is 2.61. The molecule has 0 aliphatic carbocycles. The summed E-state index contributed by atoms with van der Waals surface area (Å²) in [5, 5.41) is 13.8. The van der Waals surface area contributed by atoms with Crippen molar-refractivity contribution in [1.29, 1.82) is 0 Å². The van der Waals surface area contributed by atoms with Crippen LogP contribution in [0.2, 0.25) is 0 Å². The number of carbonyl (C=O) groups excluding carboxylic acids is 1. The van der Waals surface area contributed by atoms with Gasteiger partial charge < -0.3 is 24.8 Å². The number of aromatic hydroxyl groups is 1. The number of methoxy groups -OCH3 is 1. The standard InChI is InChI=1S/C18H21BrN2O4S/c1-5-7-21-10(3)14(17(23)24-4)15(20-18(21)26)11-8-12(19)16(22)13(9-11)25-6-2/h5,8-9,15,22H,1,6-7H2,2-4H3,(H,20,26)/t15-/m1/s1. The van der Waals surface area contributed by atoms with E-state index in [9.17, 15) is 9.90 Å². The minimum Gasteiger partial charge on any atom is -0.503 e. The zero-order valence-corrected chi connectivity index (χ0v) is 17.2. The van der Waals surface area contributed by atoms with Crippen LogP contribution in [-0.4, -0.2) is 41.3 Å². The molecule has 0 aromatic heterocycles. The summed E-state index contributed by atoms with van der Waals surface area (Å²) in [7, 11) is 1.34. The normalized spacial score (nSPS) is 17.0. The lowest BCUT2D eigenvalue weighted by Crippen LogP contribution is -2.47. The number of thiocarbonyl (C=S) groups is 1. The first-order chi connectivity index (χ1) is 12.3. The van der Waals surface area contributed by atoms with Crippen LogP contribution in [0.5, 0.6) is 11.5 Å². The molecule has 0 radical (unpaired) electrons. The first-order valence-corrected chi connectivity index (χ1v) is 9.19. The van der Waals surface area contributed by atoms with Crippen molar-refractivity contribution in [3.05, 3.63) is 46.1 Å². The topological polar surface area (TPSA) is 71.0 Å². The molecule has 1 atom stereocenters. The predicted octanol–water partition coefficient (Wildman–Crippen LogP) is 3.42. The number of ether oxygens (including phenoxy) is 2. The molecule has 0 fully saturated rings. The average molecular weight is 441 g/mol. The van der Waals surface area contributed by atoms with E-state index in [2.05, 4.69) is 27.8 Å². The third-order valence-corrected chi connectivity index (χ3v) is 4.94. The van der Waals surface area contributed by atoms with Gasteiger partial charge in [-0.3, -0.25) is 0 Å². The highest BCUT2D eigenvalue weighted by molar-refractivity contribution is 9.10. The van der Waals surface area contributed by atoms with Crippen LogP contribution in [0.3, 0.4) is 0 Å². The van der Waals surface area contributed by atoms with E-state index in [1.807, 2.05) is 13.8 Å². The number of carbonyl (C=O) groups is 1. The van der Waals surface area contributed by atoms with Crippen LogP contribution in [0.4, 0.5) is 0 Å². The molecule has 0 unspecified atom stereocenters. The third-order valence-electron chi connectivity index (χ3n) is 4.00. The smallest absolute Gasteiger partial charge is 0.337 e. The number of nitrogens with zero attached hydrogens (tertiary/aromatic N) is 1. The number of phenols is 1. The predicted molar refractivity (Wildman–Crippen MR) is 107 cm³/mol. The van der Waals surface area contributed by atoms with Crippen molar-refractivity contribution in [3.8, 4) is 11.5 Å². The van der Waals surface area contributed by atoms with Gasteiger partial charge in [-0.25, -0.2) is 4.79 Å². The van der Waals surface area contributed by atoms with Crippen LogP contribution in [0.15, 0.2) is 40.5 Å². The molecule has 140 valence electrons. The summed E-state index contributed by atoms with van der Waals surface area (Å²) in [5.41, 5.74) is 1.83. The van der Waals surface area contributed by atoms with E-state index >= 15 is 0 Å². The Kier molecular flexibility index (Phi) is 6.66. The fourth-order valence-corrected chi connectivity index (χ4v) is 3.57. The van der Waals surface area contributed by atoms with E-state index in [1.54, 1.807) is 23.1 Å². The number of hydrogen-bond donors (Lipinski definition) is 2. The van der Waals surface area contributed by atoms with Crippen molar-refractivity contribution in [3.63, 3.8) is 0 Å². The second-order valence-electron chi connectivity index (χ2n) is 5.55. The molecular weight excluding hydrogens is 420 g/mol. The van der Waals surface area contributed by atoms with Crippen molar-refractivity contribution in [2.24, 2.45) is 0 Å². The Morgan fingerprint density at radius 2 is 2.23 bits per heavy atom. The molecule has 2 N–H and O–H groups in total. The van der Waals surface area contributed by atoms with Gasteiger partial charge in [0, 0.05) is 12.2 Å². The Morgan fingerprint density at radius 1 is 1.54 bits per heavy atom. The summed E-state index contributed by atoms with van der Waals surface area (Å²) < 4.78 is 10.9. The number of esters is 1. The van der Waals surface area contributed by atoms with Crippen molar-refractivity contribution in [2.75, 3.05) is 20.3 Å². The molecule has 8 heteroatoms. The molecule has 1 heterocycles. The molecule has 26 heavy (non-hydrogen) atoms. The van der Waals surface area contributed by atoms with Crippen molar-refractivity contribution < 1.29 is 19.4 Å². The zero-order chi connectivity index (χ0) is 19.4. The van der Waals surface area contributed by atoms with Crippen LogP contribution in [-0.2, 0) is 9.53 Å². The van der Waals surface area contributed by atoms with Crippen molar-refractivity contribution >= 4 is 39.2 Å². The molecule has 0 saturated carbocycles. The Morgan fingerprint density at radius 3 is 2.81 bits per heavy atom. The van der Waals surface area contributed by atoms with Gasteiger partial charge in [0.2, 0.25) is 0 Å². The van der Waals surface area contributed by atoms with Gasteiger partial charge in [0.15, 0.2) is 16.6 Å². The average Bonchev–Trinajstić information content (AvgIpc) is 2.61. The highest BCUT2D eigenvalue weighted by Crippen LogP contribution is 2.40. The van der Waals surface area contributed by atoms with Gasteiger partial charge in [-0.2, -0.15) is 0 Å². The van der Waals surface area contributed by atoms with Gasteiger partial charge in [-0.05, 0) is 59.7 Å². The molecule has 1 aliphatic heterocycles. The minimum atomic E-state index is -0.535. The summed E-state index contributed by atoms with van der Waals surface area (Å²) in [6.07, 6.45) is 1.71. The summed E-state index contributed by atoms with van der Waals surface area (Å²) in [6, 6.07) is 2.87. The maximum Gasteiger partial charge on any atom is 0.337 e. The highest BCUT2D eigenvalue weighted by Gasteiger charge is 2.34. The number of halogens is 1. The number of nitrogens with one attached hydrogen (secondary N) is 1. The van der Waals surface area contributed by atoms with E-state index in [0.29, 0.717) is 45.3 Å². The molecule has 1 aromatic rings. The molecule has 0 amide bonds. The number of benzene rings is 1. The van der Waals surface area contributed by atoms with Gasteiger partial charge >= 0.3 is 5.97 Å². The van der Waals surface area contributed by atoms with Gasteiger partial charge in [0.05, 0.1) is 29.8 Å². The molecule has 1 aromatic carbocycles. The Bertz CT molecular complexity index is 779. The second-order valence-corrected chi connectivity index (χ2v) is 6.80. The quantitative estimate of drug-likeness (QED) is 0.398. The molecule has 1 aliphatic rings. The summed E-state index contributed by atoms with van der Waals surface area (Å²) in [4.78, 5) is 14.3. The first kappa shape index (κ1) is 20.3. The van der Waals surface area contributed by atoms with E-state index in [-0.39, 0.29) is 5.75 Å². The van der Waals surface area contributed by atoms with Gasteiger partial charge in [-0.15, -0.1) is 6.58 Å². The van der Waals surface area contributed by atoms with Gasteiger partial charge in [0.1, 0.15) is 0 Å². The second kappa shape index (κ2) is 8.55. The lowest BCUT2D eigenvalue weighted by molar-refractivity contribution is -0.136. The highest BCUT2D eigenvalue weighted by atomic mass is 79.9. The van der Waals surface area contributed by atoms with E-state index < -0.39 is 12.0 Å². The van der Waals surface area contributed by atoms with Crippen LogP contribution < -0.4 is 10.1 Å². The van der Waals surface area contributed by atoms with Gasteiger partial charge in [0.25, 0.3) is 0 Å². The molecule has 0 spiro atoms. The first-order valence-electron chi connectivity index (χ1n) is 7.98. The zero-order valence-electron chi connectivity index (χ0n) is 14.8. The summed E-state index contributed by atoms with van der Waals surface area (Å²) >= 11 is 8.78. The maximum absolute atomic E-state index is 12.5. The Hall–Kier alpha value is -2.06. The summed E-state index contributed by atoms with van der Waals surface area (Å²) in [6.45, 7) is 8.23. The number of hydrogen-bond acceptors (Lipinski definition) is 5. The fourth-order valence-electron chi connectivity index (χ4n) is 2.78. The lowest BCUT2D eigenvalue weighted by Gasteiger charge is -2.37. The number of allylic oxidation sites excluding steroid dienone is 1. The van der Waals surface area contributed by atoms with Crippen LogP contribution >= 0.6 is 28.1 Å². The molecule has 2 rings (SSSR count). The minimum absolute atomic E-state index is 0.00240. The third kappa shape index (κ3) is 3.86. The maximum atomic E-state index is 12.5. The van der Waals surface area contributed by atoms with E-state index in [4.69, 9.17) is 21.7 Å². The van der Waals surface area contributed by atoms with Gasteiger partial charge in [-0.1, -0.05) is 6.08 Å². The van der Waals surface area contributed by atoms with Crippen LogP contribution in [0.1, 0.15) is 25.5 Å². The van der Waals surface area contributed by atoms with E-state index in [1.165, 1.54) is 7.11 Å². The number of rotatable bonds is 6. The monoisotopic (exact) mass is 440 g/mol. The lowest BCUT2D eigenvalue weighted by atomic mass is 9.94. The van der Waals surface area contributed by atoms with Crippen LogP contribution in [0.25, 0.3) is 0 Å².